The van der Waals surface area contributed by atoms with Gasteiger partial charge in [0.05, 0.1) is 11.8 Å². The number of nitrogens with zero attached hydrogens (tertiary/aromatic N) is 1. The number of rotatable bonds is 4. The number of urea groups is 1. The highest BCUT2D eigenvalue weighted by Gasteiger charge is 2.31. The summed E-state index contributed by atoms with van der Waals surface area (Å²) in [5.74, 6) is 0.0190. The molecule has 1 saturated carbocycles. The third-order valence-corrected chi connectivity index (χ3v) is 4.64. The molecule has 0 bridgehead atoms. The average molecular weight is 348 g/mol. The fourth-order valence-electron chi connectivity index (χ4n) is 2.66. The molecule has 1 aliphatic carbocycles. The number of halogens is 3. The zero-order valence-corrected chi connectivity index (χ0v) is 13.5. The number of carbonyl (C=O) groups excluding carboxylic acids is 1. The summed E-state index contributed by atoms with van der Waals surface area (Å²) in [6, 6.07) is 5.32. The van der Waals surface area contributed by atoms with E-state index in [1.165, 1.54) is 23.1 Å². The molecule has 0 aliphatic heterocycles. The van der Waals surface area contributed by atoms with Gasteiger partial charge in [-0.25, -0.2) is 4.79 Å². The first-order valence-corrected chi connectivity index (χ1v) is 8.13. The predicted molar refractivity (Wildman–Crippen MR) is 83.4 cm³/mol. The summed E-state index contributed by atoms with van der Waals surface area (Å²) in [4.78, 5) is 13.5. The molecule has 0 aromatic heterocycles. The minimum absolute atomic E-state index is 0.0190. The van der Waals surface area contributed by atoms with Crippen molar-refractivity contribution in [1.29, 1.82) is 0 Å². The number of benzene rings is 1. The second kappa shape index (κ2) is 7.44. The second-order valence-corrected chi connectivity index (χ2v) is 6.72. The Hall–Kier alpha value is -1.41. The number of hydrogen-bond acceptors (Lipinski definition) is 3. The van der Waals surface area contributed by atoms with Crippen LogP contribution in [0.15, 0.2) is 29.2 Å². The predicted octanol–water partition coefficient (Wildman–Crippen LogP) is 3.92. The van der Waals surface area contributed by atoms with E-state index in [2.05, 4.69) is 5.32 Å². The molecule has 23 heavy (non-hydrogen) atoms. The van der Waals surface area contributed by atoms with Crippen molar-refractivity contribution < 1.29 is 23.1 Å². The Morgan fingerprint density at radius 1 is 1.39 bits per heavy atom. The van der Waals surface area contributed by atoms with Gasteiger partial charge in [0.2, 0.25) is 0 Å². The molecule has 0 radical (unpaired) electrons. The first-order valence-electron chi connectivity index (χ1n) is 7.31. The fourth-order valence-corrected chi connectivity index (χ4v) is 3.28. The molecule has 128 valence electrons. The standard InChI is InChI=1S/C15H19F3N2O2S/c1-20(9-10-5-4-7-12(10)21)14(22)19-11-6-2-3-8-13(11)23-15(16,17)18/h2-3,6,8,10,12,21H,4-5,7,9H2,1H3,(H,19,22). The number of hydrogen-bond donors (Lipinski definition) is 2. The summed E-state index contributed by atoms with van der Waals surface area (Å²) >= 11 is -0.259. The molecule has 2 amide bonds. The summed E-state index contributed by atoms with van der Waals surface area (Å²) in [6.45, 7) is 0.377. The molecule has 2 atom stereocenters. The molecule has 1 aliphatic rings. The lowest BCUT2D eigenvalue weighted by molar-refractivity contribution is -0.0328. The molecule has 4 nitrogen and oxygen atoms in total. The lowest BCUT2D eigenvalue weighted by atomic mass is 10.1. The molecule has 0 saturated heterocycles. The molecule has 0 heterocycles. The van der Waals surface area contributed by atoms with Crippen LogP contribution in [0.4, 0.5) is 23.7 Å². The largest absolute Gasteiger partial charge is 0.446 e. The van der Waals surface area contributed by atoms with Crippen LogP contribution >= 0.6 is 11.8 Å². The topological polar surface area (TPSA) is 52.6 Å². The van der Waals surface area contributed by atoms with Gasteiger partial charge in [0.25, 0.3) is 0 Å². The Labute approximate surface area is 137 Å². The van der Waals surface area contributed by atoms with E-state index in [4.69, 9.17) is 0 Å². The van der Waals surface area contributed by atoms with Gasteiger partial charge in [-0.1, -0.05) is 18.6 Å². The Balaban J connectivity index is 1.99. The first kappa shape index (κ1) is 17.9. The van der Waals surface area contributed by atoms with E-state index in [1.807, 2.05) is 0 Å². The maximum atomic E-state index is 12.5. The zero-order valence-electron chi connectivity index (χ0n) is 12.6. The van der Waals surface area contributed by atoms with E-state index in [9.17, 15) is 23.1 Å². The summed E-state index contributed by atoms with van der Waals surface area (Å²) < 4.78 is 37.6. The van der Waals surface area contributed by atoms with Crippen LogP contribution in [0.3, 0.4) is 0 Å². The van der Waals surface area contributed by atoms with Gasteiger partial charge in [0.1, 0.15) is 0 Å². The maximum absolute atomic E-state index is 12.5. The van der Waals surface area contributed by atoms with Gasteiger partial charge < -0.3 is 15.3 Å². The van der Waals surface area contributed by atoms with Crippen LogP contribution in [0, 0.1) is 5.92 Å². The minimum atomic E-state index is -4.42. The van der Waals surface area contributed by atoms with Gasteiger partial charge in [0, 0.05) is 24.4 Å². The molecule has 2 rings (SSSR count). The minimum Gasteiger partial charge on any atom is -0.393 e. The SMILES string of the molecule is CN(CC1CCCC1O)C(=O)Nc1ccccc1SC(F)(F)F. The summed E-state index contributed by atoms with van der Waals surface area (Å²) in [5.41, 5.74) is -4.29. The van der Waals surface area contributed by atoms with Crippen LogP contribution in [0.1, 0.15) is 19.3 Å². The van der Waals surface area contributed by atoms with Crippen molar-refractivity contribution in [2.45, 2.75) is 35.8 Å². The molecule has 0 spiro atoms. The van der Waals surface area contributed by atoms with Gasteiger partial charge in [0.15, 0.2) is 0 Å². The monoisotopic (exact) mass is 348 g/mol. The van der Waals surface area contributed by atoms with Gasteiger partial charge in [-0.2, -0.15) is 13.2 Å². The molecule has 1 aromatic rings. The Morgan fingerprint density at radius 2 is 2.09 bits per heavy atom. The molecular formula is C15H19F3N2O2S. The van der Waals surface area contributed by atoms with Crippen molar-refractivity contribution >= 4 is 23.5 Å². The highest BCUT2D eigenvalue weighted by Crippen LogP contribution is 2.40. The number of aliphatic hydroxyl groups excluding tert-OH is 1. The van der Waals surface area contributed by atoms with Crippen molar-refractivity contribution in [3.63, 3.8) is 0 Å². The van der Waals surface area contributed by atoms with E-state index >= 15 is 0 Å². The van der Waals surface area contributed by atoms with Crippen LogP contribution in [0.2, 0.25) is 0 Å². The normalized spacial score (nSPS) is 21.3. The van der Waals surface area contributed by atoms with Gasteiger partial charge in [-0.05, 0) is 36.7 Å². The highest BCUT2D eigenvalue weighted by atomic mass is 32.2. The summed E-state index contributed by atoms with van der Waals surface area (Å²) in [5, 5.41) is 12.3. The van der Waals surface area contributed by atoms with Crippen LogP contribution in [-0.4, -0.2) is 41.2 Å². The lowest BCUT2D eigenvalue weighted by Gasteiger charge is -2.24. The van der Waals surface area contributed by atoms with Crippen molar-refractivity contribution in [3.8, 4) is 0 Å². The number of para-hydroxylation sites is 1. The van der Waals surface area contributed by atoms with Crippen molar-refractivity contribution in [1.82, 2.24) is 4.90 Å². The van der Waals surface area contributed by atoms with Gasteiger partial charge in [-0.15, -0.1) is 0 Å². The molecule has 1 aromatic carbocycles. The van der Waals surface area contributed by atoms with Crippen molar-refractivity contribution in [3.05, 3.63) is 24.3 Å². The molecule has 2 N–H and O–H groups in total. The van der Waals surface area contributed by atoms with E-state index in [-0.39, 0.29) is 28.3 Å². The van der Waals surface area contributed by atoms with Crippen LogP contribution in [-0.2, 0) is 0 Å². The van der Waals surface area contributed by atoms with E-state index in [1.54, 1.807) is 13.1 Å². The maximum Gasteiger partial charge on any atom is 0.446 e. The summed E-state index contributed by atoms with van der Waals surface area (Å²) in [7, 11) is 1.57. The number of anilines is 1. The molecule has 2 unspecified atom stereocenters. The highest BCUT2D eigenvalue weighted by molar-refractivity contribution is 8.00. The number of amides is 2. The van der Waals surface area contributed by atoms with Crippen LogP contribution < -0.4 is 5.32 Å². The Kier molecular flexibility index (Phi) is 5.80. The lowest BCUT2D eigenvalue weighted by Crippen LogP contribution is -2.37. The number of nitrogens with one attached hydrogen (secondary N) is 1. The Morgan fingerprint density at radius 3 is 2.70 bits per heavy atom. The molecule has 8 heteroatoms. The molecule has 1 fully saturated rings. The third-order valence-electron chi connectivity index (χ3n) is 3.83. The van der Waals surface area contributed by atoms with E-state index in [0.717, 1.165) is 19.3 Å². The first-order chi connectivity index (χ1) is 10.8. The van der Waals surface area contributed by atoms with E-state index < -0.39 is 17.6 Å². The number of carbonyl (C=O) groups is 1. The summed E-state index contributed by atoms with van der Waals surface area (Å²) in [6.07, 6.45) is 2.08. The fraction of sp³-hybridized carbons (Fsp3) is 0.533. The van der Waals surface area contributed by atoms with Crippen molar-refractivity contribution in [2.75, 3.05) is 18.9 Å². The average Bonchev–Trinajstić information content (AvgIpc) is 2.85. The zero-order chi connectivity index (χ0) is 17.0. The molecular weight excluding hydrogens is 329 g/mol. The number of alkyl halides is 3. The third kappa shape index (κ3) is 5.31. The van der Waals surface area contributed by atoms with Crippen LogP contribution in [0.25, 0.3) is 0 Å². The number of aliphatic hydroxyl groups is 1. The Bertz CT molecular complexity index is 554. The van der Waals surface area contributed by atoms with Crippen molar-refractivity contribution in [2.24, 2.45) is 5.92 Å². The van der Waals surface area contributed by atoms with E-state index in [0.29, 0.717) is 6.54 Å². The number of thioether (sulfide) groups is 1. The van der Waals surface area contributed by atoms with Gasteiger partial charge >= 0.3 is 11.5 Å². The second-order valence-electron chi connectivity index (χ2n) is 5.61. The van der Waals surface area contributed by atoms with Gasteiger partial charge in [-0.3, -0.25) is 0 Å². The van der Waals surface area contributed by atoms with Crippen LogP contribution in [0.5, 0.6) is 0 Å². The smallest absolute Gasteiger partial charge is 0.393 e. The quantitative estimate of drug-likeness (QED) is 0.811.